The van der Waals surface area contributed by atoms with Crippen molar-refractivity contribution in [3.8, 4) is 11.5 Å². The molecule has 1 aromatic heterocycles. The van der Waals surface area contributed by atoms with E-state index in [0.29, 0.717) is 27.8 Å². The van der Waals surface area contributed by atoms with E-state index >= 15 is 0 Å². The molecule has 1 amide bonds. The minimum absolute atomic E-state index is 0.0742. The van der Waals surface area contributed by atoms with Gasteiger partial charge in [0.2, 0.25) is 5.13 Å². The largest absolute Gasteiger partial charge is 0.497 e. The van der Waals surface area contributed by atoms with Crippen molar-refractivity contribution in [2.75, 3.05) is 30.1 Å². The summed E-state index contributed by atoms with van der Waals surface area (Å²) in [5.41, 5.74) is 2.25. The Labute approximate surface area is 248 Å². The summed E-state index contributed by atoms with van der Waals surface area (Å²) in [4.78, 5) is 18.5. The number of fused-ring (bicyclic) bond motifs is 1. The molecule has 0 saturated heterocycles. The quantitative estimate of drug-likeness (QED) is 0.140. The monoisotopic (exact) mass is 600 g/mol. The number of sulfonamides is 1. The van der Waals surface area contributed by atoms with Crippen molar-refractivity contribution in [1.29, 1.82) is 0 Å². The number of rotatable bonds is 10. The van der Waals surface area contributed by atoms with Crippen molar-refractivity contribution >= 4 is 54.5 Å². The van der Waals surface area contributed by atoms with Gasteiger partial charge >= 0.3 is 0 Å². The molecule has 0 aliphatic carbocycles. The maximum Gasteiger partial charge on any atom is 0.280 e. The van der Waals surface area contributed by atoms with Crippen molar-refractivity contribution in [3.63, 3.8) is 0 Å². The Kier molecular flexibility index (Phi) is 8.51. The van der Waals surface area contributed by atoms with E-state index in [1.54, 1.807) is 69.8 Å². The third-order valence-electron chi connectivity index (χ3n) is 6.42. The predicted octanol–water partition coefficient (Wildman–Crippen LogP) is 6.21. The van der Waals surface area contributed by atoms with Crippen molar-refractivity contribution in [1.82, 2.24) is 4.98 Å². The lowest BCUT2D eigenvalue weighted by Gasteiger charge is -2.23. The highest BCUT2D eigenvalue weighted by atomic mass is 32.2. The van der Waals surface area contributed by atoms with Crippen LogP contribution in [0.2, 0.25) is 0 Å². The number of nitrogens with zero attached hydrogens (tertiary/aromatic N) is 4. The summed E-state index contributed by atoms with van der Waals surface area (Å²) >= 11 is 1.29. The minimum Gasteiger partial charge on any atom is -0.497 e. The number of anilines is 2. The van der Waals surface area contributed by atoms with Gasteiger partial charge in [-0.25, -0.2) is 13.4 Å². The van der Waals surface area contributed by atoms with Gasteiger partial charge < -0.3 is 9.47 Å². The van der Waals surface area contributed by atoms with Crippen LogP contribution < -0.4 is 18.8 Å². The fourth-order valence-electron chi connectivity index (χ4n) is 4.22. The van der Waals surface area contributed by atoms with Crippen LogP contribution in [0.1, 0.15) is 22.8 Å². The highest BCUT2D eigenvalue weighted by Gasteiger charge is 2.26. The second kappa shape index (κ2) is 12.4. The van der Waals surface area contributed by atoms with Crippen LogP contribution in [0.15, 0.2) is 107 Å². The molecule has 0 spiro atoms. The molecular formula is C31H28N4O5S2. The maximum atomic E-state index is 13.8. The number of amides is 1. The van der Waals surface area contributed by atoms with Gasteiger partial charge in [0.05, 0.1) is 41.2 Å². The van der Waals surface area contributed by atoms with Gasteiger partial charge in [0.15, 0.2) is 0 Å². The first-order valence-electron chi connectivity index (χ1n) is 13.0. The molecule has 0 bridgehead atoms. The lowest BCUT2D eigenvalue weighted by Crippen LogP contribution is -2.31. The van der Waals surface area contributed by atoms with E-state index in [-0.39, 0.29) is 17.0 Å². The smallest absolute Gasteiger partial charge is 0.280 e. The molecule has 11 heteroatoms. The number of methoxy groups -OCH3 is 2. The van der Waals surface area contributed by atoms with Gasteiger partial charge in [-0.3, -0.25) is 9.10 Å². The molecule has 0 N–H and O–H groups in total. The third kappa shape index (κ3) is 5.97. The molecule has 214 valence electrons. The van der Waals surface area contributed by atoms with Gasteiger partial charge in [-0.2, -0.15) is 10.1 Å². The Bertz CT molecular complexity index is 1820. The summed E-state index contributed by atoms with van der Waals surface area (Å²) in [7, 11) is -0.677. The lowest BCUT2D eigenvalue weighted by atomic mass is 10.2. The predicted molar refractivity (Wildman–Crippen MR) is 167 cm³/mol. The molecule has 0 unspecified atom stereocenters. The van der Waals surface area contributed by atoms with Crippen molar-refractivity contribution in [2.45, 2.75) is 11.8 Å². The fraction of sp³-hybridized carbons (Fsp3) is 0.129. The molecule has 5 rings (SSSR count). The number of benzene rings is 4. The standard InChI is InChI=1S/C31H28N4O5S2/c1-4-34(24-8-6-5-7-9-24)42(37,38)27-17-12-23(13-18-27)30(36)35(32-21-22-10-14-25(39-2)15-11-22)31-33-28-19-16-26(40-3)20-29(28)41-31/h5-21H,4H2,1-3H3/b32-21+. The molecule has 9 nitrogen and oxygen atoms in total. The van der Waals surface area contributed by atoms with Gasteiger partial charge in [-0.1, -0.05) is 29.5 Å². The number of ether oxygens (including phenoxy) is 2. The molecule has 1 heterocycles. The molecule has 0 radical (unpaired) electrons. The molecule has 4 aromatic carbocycles. The van der Waals surface area contributed by atoms with Gasteiger partial charge in [0.1, 0.15) is 11.5 Å². The molecule has 5 aromatic rings. The fourth-order valence-corrected chi connectivity index (χ4v) is 6.64. The number of hydrogen-bond donors (Lipinski definition) is 0. The van der Waals surface area contributed by atoms with E-state index in [1.807, 2.05) is 30.3 Å². The van der Waals surface area contributed by atoms with Crippen LogP contribution in [0.25, 0.3) is 10.2 Å². The third-order valence-corrected chi connectivity index (χ3v) is 9.33. The van der Waals surface area contributed by atoms with Gasteiger partial charge in [-0.15, -0.1) is 0 Å². The number of carbonyl (C=O) groups excluding carboxylic acids is 1. The molecule has 0 fully saturated rings. The average molecular weight is 601 g/mol. The maximum absolute atomic E-state index is 13.8. The van der Waals surface area contributed by atoms with Crippen molar-refractivity contribution in [3.05, 3.63) is 108 Å². The van der Waals surface area contributed by atoms with E-state index in [9.17, 15) is 13.2 Å². The second-order valence-electron chi connectivity index (χ2n) is 8.99. The zero-order valence-electron chi connectivity index (χ0n) is 23.2. The Morgan fingerprint density at radius 1 is 0.905 bits per heavy atom. The summed E-state index contributed by atoms with van der Waals surface area (Å²) in [5.74, 6) is 0.903. The number of thiazole rings is 1. The Morgan fingerprint density at radius 3 is 2.21 bits per heavy atom. The number of carbonyl (C=O) groups is 1. The Balaban J connectivity index is 1.49. The van der Waals surface area contributed by atoms with Gasteiger partial charge in [-0.05, 0) is 91.3 Å². The lowest BCUT2D eigenvalue weighted by molar-refractivity contribution is 0.0987. The van der Waals surface area contributed by atoms with Gasteiger partial charge in [0, 0.05) is 12.1 Å². The Hall–Kier alpha value is -4.74. The van der Waals surface area contributed by atoms with Gasteiger partial charge in [0.25, 0.3) is 15.9 Å². The van der Waals surface area contributed by atoms with Crippen molar-refractivity contribution < 1.29 is 22.7 Å². The van der Waals surface area contributed by atoms with Crippen LogP contribution in [0.4, 0.5) is 10.8 Å². The van der Waals surface area contributed by atoms with Crippen LogP contribution >= 0.6 is 11.3 Å². The number of aromatic nitrogens is 1. The average Bonchev–Trinajstić information content (AvgIpc) is 3.45. The normalized spacial score (nSPS) is 11.5. The van der Waals surface area contributed by atoms with Crippen molar-refractivity contribution in [2.24, 2.45) is 5.10 Å². The Morgan fingerprint density at radius 2 is 1.57 bits per heavy atom. The zero-order chi connectivity index (χ0) is 29.7. The summed E-state index contributed by atoms with van der Waals surface area (Å²) in [6.45, 7) is 2.03. The van der Waals surface area contributed by atoms with E-state index in [0.717, 1.165) is 10.3 Å². The first-order valence-corrected chi connectivity index (χ1v) is 15.2. The van der Waals surface area contributed by atoms with E-state index < -0.39 is 15.9 Å². The molecule has 0 saturated carbocycles. The summed E-state index contributed by atoms with van der Waals surface area (Å²) in [5, 5.41) is 6.06. The molecule has 0 atom stereocenters. The number of hydrazone groups is 1. The first-order chi connectivity index (χ1) is 20.3. The first kappa shape index (κ1) is 28.8. The van der Waals surface area contributed by atoms with E-state index in [4.69, 9.17) is 9.47 Å². The molecule has 0 aliphatic rings. The minimum atomic E-state index is -3.85. The second-order valence-corrected chi connectivity index (χ2v) is 11.9. The zero-order valence-corrected chi connectivity index (χ0v) is 24.8. The van der Waals surface area contributed by atoms with Crippen LogP contribution in [-0.4, -0.2) is 46.3 Å². The molecule has 0 aliphatic heterocycles. The van der Waals surface area contributed by atoms with Crippen LogP contribution in [-0.2, 0) is 10.0 Å². The highest BCUT2D eigenvalue weighted by molar-refractivity contribution is 7.92. The topological polar surface area (TPSA) is 101 Å². The highest BCUT2D eigenvalue weighted by Crippen LogP contribution is 2.33. The summed E-state index contributed by atoms with van der Waals surface area (Å²) in [6, 6.07) is 27.4. The molecule has 42 heavy (non-hydrogen) atoms. The number of para-hydroxylation sites is 1. The van der Waals surface area contributed by atoms with Crippen LogP contribution in [0.5, 0.6) is 11.5 Å². The van der Waals surface area contributed by atoms with Crippen LogP contribution in [0.3, 0.4) is 0 Å². The summed E-state index contributed by atoms with van der Waals surface area (Å²) < 4.78 is 39.6. The SMILES string of the molecule is CCN(c1ccccc1)S(=O)(=O)c1ccc(C(=O)N(/N=C/c2ccc(OC)cc2)c2nc3ccc(OC)cc3s2)cc1. The van der Waals surface area contributed by atoms with E-state index in [1.165, 1.54) is 44.9 Å². The van der Waals surface area contributed by atoms with Crippen LogP contribution in [0, 0.1) is 0 Å². The molecular weight excluding hydrogens is 572 g/mol. The van der Waals surface area contributed by atoms with E-state index in [2.05, 4.69) is 10.1 Å². The summed E-state index contributed by atoms with van der Waals surface area (Å²) in [6.07, 6.45) is 1.56. The number of hydrogen-bond acceptors (Lipinski definition) is 8.